The van der Waals surface area contributed by atoms with Gasteiger partial charge in [-0.25, -0.2) is 9.97 Å². The zero-order chi connectivity index (χ0) is 12.9. The van der Waals surface area contributed by atoms with E-state index >= 15 is 0 Å². The summed E-state index contributed by atoms with van der Waals surface area (Å²) in [5.74, 6) is 2.44. The molecule has 2 aliphatic carbocycles. The Morgan fingerprint density at radius 3 is 2.61 bits per heavy atom. The molecule has 2 saturated carbocycles. The van der Waals surface area contributed by atoms with Crippen molar-refractivity contribution in [3.05, 3.63) is 17.0 Å². The third-order valence-corrected chi connectivity index (χ3v) is 4.82. The SMILES string of the molecule is CC(N(C)c1cc(Cl)nc(C2CC2)n1)C1(C)CC1. The van der Waals surface area contributed by atoms with Gasteiger partial charge in [0.1, 0.15) is 16.8 Å². The average molecular weight is 266 g/mol. The van der Waals surface area contributed by atoms with E-state index in [9.17, 15) is 0 Å². The third-order valence-electron chi connectivity index (χ3n) is 4.63. The van der Waals surface area contributed by atoms with Crippen molar-refractivity contribution in [1.82, 2.24) is 9.97 Å². The molecule has 0 spiro atoms. The van der Waals surface area contributed by atoms with E-state index in [-0.39, 0.29) is 0 Å². The maximum Gasteiger partial charge on any atom is 0.135 e. The first-order valence-corrected chi connectivity index (χ1v) is 7.15. The lowest BCUT2D eigenvalue weighted by atomic mass is 10.00. The van der Waals surface area contributed by atoms with Crippen molar-refractivity contribution in [3.8, 4) is 0 Å². The fraction of sp³-hybridized carbons (Fsp3) is 0.714. The number of hydrogen-bond donors (Lipinski definition) is 0. The van der Waals surface area contributed by atoms with Gasteiger partial charge in [-0.2, -0.15) is 0 Å². The Balaban J connectivity index is 1.86. The molecule has 1 aromatic heterocycles. The quantitative estimate of drug-likeness (QED) is 0.779. The van der Waals surface area contributed by atoms with Crippen molar-refractivity contribution in [1.29, 1.82) is 0 Å². The molecule has 3 rings (SSSR count). The van der Waals surface area contributed by atoms with Gasteiger partial charge < -0.3 is 4.90 Å². The Morgan fingerprint density at radius 2 is 2.06 bits per heavy atom. The first-order valence-electron chi connectivity index (χ1n) is 6.77. The van der Waals surface area contributed by atoms with E-state index in [0.717, 1.165) is 11.6 Å². The lowest BCUT2D eigenvalue weighted by Gasteiger charge is -2.31. The van der Waals surface area contributed by atoms with Gasteiger partial charge in [0, 0.05) is 25.1 Å². The maximum atomic E-state index is 6.12. The first kappa shape index (κ1) is 12.2. The van der Waals surface area contributed by atoms with Crippen LogP contribution in [0.25, 0.3) is 0 Å². The van der Waals surface area contributed by atoms with Crippen LogP contribution in [-0.2, 0) is 0 Å². The Hall–Kier alpha value is -0.830. The summed E-state index contributed by atoms with van der Waals surface area (Å²) >= 11 is 6.12. The van der Waals surface area contributed by atoms with Gasteiger partial charge >= 0.3 is 0 Å². The second kappa shape index (κ2) is 4.09. The molecule has 98 valence electrons. The van der Waals surface area contributed by atoms with Crippen LogP contribution in [0.4, 0.5) is 5.82 Å². The van der Waals surface area contributed by atoms with Crippen LogP contribution in [0.2, 0.25) is 5.15 Å². The van der Waals surface area contributed by atoms with Gasteiger partial charge in [-0.05, 0) is 38.0 Å². The van der Waals surface area contributed by atoms with Gasteiger partial charge in [-0.15, -0.1) is 0 Å². The van der Waals surface area contributed by atoms with Crippen LogP contribution in [0.15, 0.2) is 6.07 Å². The summed E-state index contributed by atoms with van der Waals surface area (Å²) in [5.41, 5.74) is 0.450. The molecular weight excluding hydrogens is 246 g/mol. The van der Waals surface area contributed by atoms with Gasteiger partial charge in [0.25, 0.3) is 0 Å². The minimum Gasteiger partial charge on any atom is -0.356 e. The van der Waals surface area contributed by atoms with Gasteiger partial charge in [0.05, 0.1) is 0 Å². The zero-order valence-electron chi connectivity index (χ0n) is 11.3. The minimum absolute atomic E-state index is 0.450. The largest absolute Gasteiger partial charge is 0.356 e. The molecular formula is C14H20ClN3. The maximum absolute atomic E-state index is 6.12. The number of halogens is 1. The smallest absolute Gasteiger partial charge is 0.135 e. The summed E-state index contributed by atoms with van der Waals surface area (Å²) in [6, 6.07) is 2.38. The molecule has 2 aliphatic rings. The molecule has 0 radical (unpaired) electrons. The van der Waals surface area contributed by atoms with Crippen LogP contribution in [0.1, 0.15) is 51.3 Å². The molecule has 4 heteroatoms. The number of rotatable bonds is 4. The lowest BCUT2D eigenvalue weighted by Crippen LogP contribution is -2.36. The first-order chi connectivity index (χ1) is 8.49. The van der Waals surface area contributed by atoms with Crippen LogP contribution in [-0.4, -0.2) is 23.1 Å². The van der Waals surface area contributed by atoms with Crippen molar-refractivity contribution in [3.63, 3.8) is 0 Å². The summed E-state index contributed by atoms with van der Waals surface area (Å²) in [4.78, 5) is 11.3. The van der Waals surface area contributed by atoms with Crippen molar-refractivity contribution in [2.24, 2.45) is 5.41 Å². The normalized spacial score (nSPS) is 22.7. The fourth-order valence-electron chi connectivity index (χ4n) is 2.41. The highest BCUT2D eigenvalue weighted by Crippen LogP contribution is 2.50. The highest BCUT2D eigenvalue weighted by atomic mass is 35.5. The van der Waals surface area contributed by atoms with Crippen molar-refractivity contribution >= 4 is 17.4 Å². The number of hydrogen-bond acceptors (Lipinski definition) is 3. The van der Waals surface area contributed by atoms with E-state index < -0.39 is 0 Å². The second-order valence-corrected chi connectivity index (χ2v) is 6.51. The van der Waals surface area contributed by atoms with Crippen molar-refractivity contribution < 1.29 is 0 Å². The summed E-state index contributed by atoms with van der Waals surface area (Å²) < 4.78 is 0. The van der Waals surface area contributed by atoms with Crippen LogP contribution in [0.5, 0.6) is 0 Å². The average Bonchev–Trinajstić information content (AvgIpc) is 3.21. The second-order valence-electron chi connectivity index (χ2n) is 6.12. The molecule has 18 heavy (non-hydrogen) atoms. The highest BCUT2D eigenvalue weighted by molar-refractivity contribution is 6.29. The van der Waals surface area contributed by atoms with Crippen molar-refractivity contribution in [2.45, 2.75) is 51.5 Å². The van der Waals surface area contributed by atoms with Gasteiger partial charge in [0.15, 0.2) is 0 Å². The molecule has 0 bridgehead atoms. The van der Waals surface area contributed by atoms with Crippen LogP contribution < -0.4 is 4.90 Å². The molecule has 1 aromatic rings. The Morgan fingerprint density at radius 1 is 1.39 bits per heavy atom. The topological polar surface area (TPSA) is 29.0 Å². The lowest BCUT2D eigenvalue weighted by molar-refractivity contribution is 0.444. The van der Waals surface area contributed by atoms with E-state index in [2.05, 4.69) is 35.8 Å². The van der Waals surface area contributed by atoms with Gasteiger partial charge in [-0.3, -0.25) is 0 Å². The molecule has 1 unspecified atom stereocenters. The number of aromatic nitrogens is 2. The third kappa shape index (κ3) is 2.20. The number of nitrogens with zero attached hydrogens (tertiary/aromatic N) is 3. The van der Waals surface area contributed by atoms with Crippen LogP contribution >= 0.6 is 11.6 Å². The Labute approximate surface area is 114 Å². The van der Waals surface area contributed by atoms with E-state index in [1.165, 1.54) is 25.7 Å². The summed E-state index contributed by atoms with van der Waals surface area (Å²) in [7, 11) is 2.11. The van der Waals surface area contributed by atoms with Crippen LogP contribution in [0.3, 0.4) is 0 Å². The monoisotopic (exact) mass is 265 g/mol. The predicted octanol–water partition coefficient (Wildman–Crippen LogP) is 3.63. The summed E-state index contributed by atoms with van der Waals surface area (Å²) in [6.45, 7) is 4.62. The molecule has 1 heterocycles. The minimum atomic E-state index is 0.450. The Kier molecular flexibility index (Phi) is 2.77. The number of anilines is 1. The highest BCUT2D eigenvalue weighted by Gasteiger charge is 2.44. The molecule has 3 nitrogen and oxygen atoms in total. The van der Waals surface area contributed by atoms with Gasteiger partial charge in [-0.1, -0.05) is 18.5 Å². The van der Waals surface area contributed by atoms with E-state index in [0.29, 0.717) is 22.5 Å². The van der Waals surface area contributed by atoms with Crippen molar-refractivity contribution in [2.75, 3.05) is 11.9 Å². The van der Waals surface area contributed by atoms with Crippen LogP contribution in [0, 0.1) is 5.41 Å². The summed E-state index contributed by atoms with van der Waals surface area (Å²) in [5, 5.41) is 0.571. The van der Waals surface area contributed by atoms with E-state index in [4.69, 9.17) is 11.6 Å². The molecule has 1 atom stereocenters. The molecule has 0 N–H and O–H groups in total. The Bertz CT molecular complexity index is 466. The fourth-order valence-corrected chi connectivity index (χ4v) is 2.59. The molecule has 0 aliphatic heterocycles. The molecule has 2 fully saturated rings. The molecule has 0 saturated heterocycles. The van der Waals surface area contributed by atoms with E-state index in [1.54, 1.807) is 0 Å². The zero-order valence-corrected chi connectivity index (χ0v) is 12.0. The molecule has 0 amide bonds. The predicted molar refractivity (Wildman–Crippen MR) is 74.2 cm³/mol. The van der Waals surface area contributed by atoms with E-state index in [1.807, 2.05) is 6.07 Å². The molecule has 0 aromatic carbocycles. The summed E-state index contributed by atoms with van der Waals surface area (Å²) in [6.07, 6.45) is 5.03. The standard InChI is InChI=1S/C14H20ClN3/c1-9(14(2)6-7-14)18(3)12-8-11(15)16-13(17-12)10-4-5-10/h8-10H,4-7H2,1-3H3. The van der Waals surface area contributed by atoms with Gasteiger partial charge in [0.2, 0.25) is 0 Å².